The van der Waals surface area contributed by atoms with Crippen LogP contribution in [0.3, 0.4) is 0 Å². The van der Waals surface area contributed by atoms with Crippen LogP contribution in [0, 0.1) is 5.92 Å². The van der Waals surface area contributed by atoms with E-state index in [0.29, 0.717) is 5.92 Å². The minimum absolute atomic E-state index is 0.715. The molecule has 0 unspecified atom stereocenters. The van der Waals surface area contributed by atoms with Crippen molar-refractivity contribution in [2.45, 2.75) is 34.1 Å². The van der Waals surface area contributed by atoms with Gasteiger partial charge in [0, 0.05) is 6.54 Å². The van der Waals surface area contributed by atoms with Gasteiger partial charge in [0.15, 0.2) is 0 Å². The van der Waals surface area contributed by atoms with Crippen LogP contribution in [-0.4, -0.2) is 6.54 Å². The zero-order valence-corrected chi connectivity index (χ0v) is 10.4. The third kappa shape index (κ3) is 6.83. The Bertz CT molecular complexity index is 247. The molecule has 86 valence electrons. The van der Waals surface area contributed by atoms with Gasteiger partial charge in [-0.25, -0.2) is 0 Å². The van der Waals surface area contributed by atoms with Gasteiger partial charge < -0.3 is 11.1 Å². The Hall–Kier alpha value is -1.18. The second-order valence-electron chi connectivity index (χ2n) is 3.98. The molecule has 0 aromatic carbocycles. The van der Waals surface area contributed by atoms with Crippen LogP contribution in [0.15, 0.2) is 35.7 Å². The van der Waals surface area contributed by atoms with Gasteiger partial charge in [-0.2, -0.15) is 0 Å². The SMILES string of the molecule is C\C=C/C(N)=C(\C=C/C)NCCC(C)C. The van der Waals surface area contributed by atoms with Crippen LogP contribution >= 0.6 is 0 Å². The molecule has 0 radical (unpaired) electrons. The fourth-order valence-electron chi connectivity index (χ4n) is 1.19. The first-order valence-corrected chi connectivity index (χ1v) is 5.60. The van der Waals surface area contributed by atoms with Crippen LogP contribution in [-0.2, 0) is 0 Å². The highest BCUT2D eigenvalue weighted by atomic mass is 14.9. The Morgan fingerprint density at radius 1 is 1.20 bits per heavy atom. The van der Waals surface area contributed by atoms with Crippen molar-refractivity contribution < 1.29 is 0 Å². The van der Waals surface area contributed by atoms with E-state index in [0.717, 1.165) is 24.4 Å². The second-order valence-corrected chi connectivity index (χ2v) is 3.98. The minimum atomic E-state index is 0.715. The molecule has 0 aromatic heterocycles. The third-order valence-corrected chi connectivity index (χ3v) is 2.03. The summed E-state index contributed by atoms with van der Waals surface area (Å²) in [6.07, 6.45) is 9.02. The van der Waals surface area contributed by atoms with Gasteiger partial charge in [-0.15, -0.1) is 0 Å². The standard InChI is InChI=1S/C13H24N2/c1-5-7-12(14)13(8-6-2)15-10-9-11(3)4/h5-8,11,15H,9-10,14H2,1-4H3/b7-5-,8-6-,13-12-. The predicted molar refractivity (Wildman–Crippen MR) is 68.3 cm³/mol. The summed E-state index contributed by atoms with van der Waals surface area (Å²) >= 11 is 0. The average Bonchev–Trinajstić information content (AvgIpc) is 2.16. The molecule has 0 aliphatic heterocycles. The molecule has 0 aliphatic carbocycles. The van der Waals surface area contributed by atoms with Crippen molar-refractivity contribution in [2.75, 3.05) is 6.54 Å². The number of allylic oxidation sites excluding steroid dienone is 4. The van der Waals surface area contributed by atoms with E-state index in [1.54, 1.807) is 0 Å². The lowest BCUT2D eigenvalue weighted by molar-refractivity contribution is 0.565. The minimum Gasteiger partial charge on any atom is -0.397 e. The van der Waals surface area contributed by atoms with Crippen molar-refractivity contribution >= 4 is 0 Å². The maximum Gasteiger partial charge on any atom is 0.0570 e. The van der Waals surface area contributed by atoms with E-state index in [1.165, 1.54) is 0 Å². The zero-order chi connectivity index (χ0) is 11.7. The highest BCUT2D eigenvalue weighted by Gasteiger charge is 1.97. The first-order chi connectivity index (χ1) is 7.11. The van der Waals surface area contributed by atoms with Gasteiger partial charge >= 0.3 is 0 Å². The van der Waals surface area contributed by atoms with Crippen molar-refractivity contribution in [3.8, 4) is 0 Å². The molecule has 0 fully saturated rings. The molecule has 0 saturated carbocycles. The Morgan fingerprint density at radius 2 is 1.80 bits per heavy atom. The molecule has 0 bridgehead atoms. The van der Waals surface area contributed by atoms with Gasteiger partial charge in [-0.3, -0.25) is 0 Å². The van der Waals surface area contributed by atoms with E-state index < -0.39 is 0 Å². The van der Waals surface area contributed by atoms with Crippen LogP contribution in [0.25, 0.3) is 0 Å². The smallest absolute Gasteiger partial charge is 0.0570 e. The van der Waals surface area contributed by atoms with Crippen molar-refractivity contribution in [1.82, 2.24) is 5.32 Å². The Morgan fingerprint density at radius 3 is 2.27 bits per heavy atom. The Labute approximate surface area is 93.9 Å². The molecule has 2 heteroatoms. The number of hydrogen-bond acceptors (Lipinski definition) is 2. The first-order valence-electron chi connectivity index (χ1n) is 5.60. The van der Waals surface area contributed by atoms with E-state index in [9.17, 15) is 0 Å². The van der Waals surface area contributed by atoms with E-state index in [2.05, 4.69) is 19.2 Å². The summed E-state index contributed by atoms with van der Waals surface area (Å²) in [5.74, 6) is 0.715. The maximum absolute atomic E-state index is 5.91. The van der Waals surface area contributed by atoms with Crippen LogP contribution < -0.4 is 11.1 Å². The molecule has 0 atom stereocenters. The lowest BCUT2D eigenvalue weighted by atomic mass is 10.1. The van der Waals surface area contributed by atoms with E-state index in [1.807, 2.05) is 38.2 Å². The topological polar surface area (TPSA) is 38.0 Å². The molecule has 2 nitrogen and oxygen atoms in total. The summed E-state index contributed by atoms with van der Waals surface area (Å²) in [6.45, 7) is 9.36. The maximum atomic E-state index is 5.91. The number of rotatable bonds is 6. The van der Waals surface area contributed by atoms with Crippen molar-refractivity contribution in [3.63, 3.8) is 0 Å². The Kier molecular flexibility index (Phi) is 7.51. The molecule has 0 spiro atoms. The van der Waals surface area contributed by atoms with Gasteiger partial charge in [0.25, 0.3) is 0 Å². The molecule has 0 rings (SSSR count). The van der Waals surface area contributed by atoms with E-state index >= 15 is 0 Å². The van der Waals surface area contributed by atoms with Gasteiger partial charge in [0.2, 0.25) is 0 Å². The van der Waals surface area contributed by atoms with Gasteiger partial charge in [-0.1, -0.05) is 26.0 Å². The normalized spacial score (nSPS) is 13.9. The first kappa shape index (κ1) is 13.8. The fourth-order valence-corrected chi connectivity index (χ4v) is 1.19. The summed E-state index contributed by atoms with van der Waals surface area (Å²) < 4.78 is 0. The van der Waals surface area contributed by atoms with Crippen LogP contribution in [0.1, 0.15) is 34.1 Å². The second kappa shape index (κ2) is 8.16. The van der Waals surface area contributed by atoms with Crippen LogP contribution in [0.2, 0.25) is 0 Å². The molecule has 0 heterocycles. The van der Waals surface area contributed by atoms with Gasteiger partial charge in [-0.05, 0) is 38.3 Å². The molecule has 15 heavy (non-hydrogen) atoms. The molecule has 0 aliphatic rings. The Balaban J connectivity index is 4.34. The molecule has 0 amide bonds. The molecular weight excluding hydrogens is 184 g/mol. The number of hydrogen-bond donors (Lipinski definition) is 2. The summed E-state index contributed by atoms with van der Waals surface area (Å²) in [6, 6.07) is 0. The van der Waals surface area contributed by atoms with Crippen LogP contribution in [0.5, 0.6) is 0 Å². The van der Waals surface area contributed by atoms with Gasteiger partial charge in [0.05, 0.1) is 11.4 Å². The third-order valence-electron chi connectivity index (χ3n) is 2.03. The lowest BCUT2D eigenvalue weighted by Crippen LogP contribution is -2.18. The summed E-state index contributed by atoms with van der Waals surface area (Å²) in [5, 5.41) is 3.35. The van der Waals surface area contributed by atoms with Crippen molar-refractivity contribution in [2.24, 2.45) is 11.7 Å². The molecule has 0 saturated heterocycles. The highest BCUT2D eigenvalue weighted by Crippen LogP contribution is 2.02. The summed E-state index contributed by atoms with van der Waals surface area (Å²) in [4.78, 5) is 0. The quantitative estimate of drug-likeness (QED) is 0.659. The predicted octanol–water partition coefficient (Wildman–Crippen LogP) is 2.94. The van der Waals surface area contributed by atoms with Crippen molar-refractivity contribution in [3.05, 3.63) is 35.7 Å². The number of nitrogens with two attached hydrogens (primary N) is 1. The van der Waals surface area contributed by atoms with Crippen LogP contribution in [0.4, 0.5) is 0 Å². The van der Waals surface area contributed by atoms with Gasteiger partial charge in [0.1, 0.15) is 0 Å². The average molecular weight is 208 g/mol. The summed E-state index contributed by atoms with van der Waals surface area (Å²) in [5.41, 5.74) is 7.71. The fraction of sp³-hybridized carbons (Fsp3) is 0.538. The highest BCUT2D eigenvalue weighted by molar-refractivity contribution is 5.29. The number of nitrogens with one attached hydrogen (secondary N) is 1. The molecule has 0 aromatic rings. The largest absolute Gasteiger partial charge is 0.397 e. The molecule has 3 N–H and O–H groups in total. The summed E-state index contributed by atoms with van der Waals surface area (Å²) in [7, 11) is 0. The molecular formula is C13H24N2. The van der Waals surface area contributed by atoms with E-state index in [-0.39, 0.29) is 0 Å². The monoisotopic (exact) mass is 208 g/mol. The lowest BCUT2D eigenvalue weighted by Gasteiger charge is -2.10. The van der Waals surface area contributed by atoms with E-state index in [4.69, 9.17) is 5.73 Å². The van der Waals surface area contributed by atoms with Crippen molar-refractivity contribution in [1.29, 1.82) is 0 Å². The zero-order valence-electron chi connectivity index (χ0n) is 10.4.